The summed E-state index contributed by atoms with van der Waals surface area (Å²) in [6, 6.07) is 42.6. The van der Waals surface area contributed by atoms with Crippen LogP contribution in [-0.2, 0) is 5.41 Å². The molecule has 0 fully saturated rings. The molecule has 244 valence electrons. The Morgan fingerprint density at radius 3 is 1.75 bits per heavy atom. The van der Waals surface area contributed by atoms with E-state index >= 15 is 0 Å². The molecule has 0 unspecified atom stereocenters. The zero-order chi connectivity index (χ0) is 34.8. The molecular formula is C47H33NO2S. The van der Waals surface area contributed by atoms with Crippen molar-refractivity contribution < 1.29 is 9.59 Å². The van der Waals surface area contributed by atoms with Crippen molar-refractivity contribution in [2.45, 2.75) is 33.1 Å². The van der Waals surface area contributed by atoms with E-state index in [4.69, 9.17) is 0 Å². The molecular weight excluding hydrogens is 643 g/mol. The number of anilines is 3. The van der Waals surface area contributed by atoms with Crippen LogP contribution in [0.1, 0.15) is 70.1 Å². The second kappa shape index (κ2) is 10.6. The smallest absolute Gasteiger partial charge is 0.197 e. The molecule has 0 N–H and O–H groups in total. The Balaban J connectivity index is 1.26. The molecule has 1 aromatic heterocycles. The summed E-state index contributed by atoms with van der Waals surface area (Å²) in [6.07, 6.45) is 1.82. The summed E-state index contributed by atoms with van der Waals surface area (Å²) in [4.78, 5) is 31.6. The standard InChI is InChI=1S/C47H33NO2S/c1-26-19-27(2)43(28(3)20-26)48-42-18-17-30(22-37-44(49)35-24-31-11-5-6-12-32(31)25-36(35)45(37)50)23-40(42)47(41-21-29(4)51-46(41)48)38-15-9-7-13-33(38)34-14-8-10-16-39(34)47/h5-25H,1-4H3. The number of allylic oxidation sites excluding steroid dienone is 1. The molecule has 10 rings (SSSR count). The van der Waals surface area contributed by atoms with Crippen molar-refractivity contribution in [3.8, 4) is 11.1 Å². The third kappa shape index (κ3) is 4.00. The maximum atomic E-state index is 13.9. The summed E-state index contributed by atoms with van der Waals surface area (Å²) in [5.74, 6) is -0.430. The highest BCUT2D eigenvalue weighted by atomic mass is 32.1. The summed E-state index contributed by atoms with van der Waals surface area (Å²) in [7, 11) is 0. The van der Waals surface area contributed by atoms with E-state index in [-0.39, 0.29) is 17.1 Å². The summed E-state index contributed by atoms with van der Waals surface area (Å²) in [5.41, 5.74) is 14.7. The zero-order valence-electron chi connectivity index (χ0n) is 28.8. The molecule has 3 nitrogen and oxygen atoms in total. The van der Waals surface area contributed by atoms with Crippen molar-refractivity contribution >= 4 is 56.1 Å². The van der Waals surface area contributed by atoms with Crippen LogP contribution < -0.4 is 4.90 Å². The van der Waals surface area contributed by atoms with E-state index in [0.717, 1.165) is 27.6 Å². The molecule has 1 aliphatic heterocycles. The van der Waals surface area contributed by atoms with Gasteiger partial charge in [-0.1, -0.05) is 96.6 Å². The van der Waals surface area contributed by atoms with E-state index in [2.05, 4.69) is 118 Å². The van der Waals surface area contributed by atoms with Gasteiger partial charge in [-0.15, -0.1) is 11.3 Å². The molecule has 0 radical (unpaired) electrons. The van der Waals surface area contributed by atoms with Gasteiger partial charge in [0.25, 0.3) is 0 Å². The van der Waals surface area contributed by atoms with E-state index in [1.54, 1.807) is 0 Å². The van der Waals surface area contributed by atoms with Gasteiger partial charge < -0.3 is 4.90 Å². The van der Waals surface area contributed by atoms with E-state index < -0.39 is 5.41 Å². The van der Waals surface area contributed by atoms with Gasteiger partial charge in [-0.2, -0.15) is 0 Å². The molecule has 7 aromatic rings. The number of hydrogen-bond acceptors (Lipinski definition) is 4. The van der Waals surface area contributed by atoms with Crippen LogP contribution in [0.4, 0.5) is 16.4 Å². The number of Topliss-reactive ketones (excluding diaryl/α,β-unsaturated/α-hetero) is 2. The van der Waals surface area contributed by atoms with Gasteiger partial charge in [0.1, 0.15) is 5.00 Å². The second-order valence-electron chi connectivity index (χ2n) is 14.2. The van der Waals surface area contributed by atoms with Gasteiger partial charge in [-0.3, -0.25) is 9.59 Å². The van der Waals surface area contributed by atoms with Gasteiger partial charge in [-0.05, 0) is 119 Å². The van der Waals surface area contributed by atoms with Gasteiger partial charge in [0.2, 0.25) is 0 Å². The maximum Gasteiger partial charge on any atom is 0.197 e. The van der Waals surface area contributed by atoms with E-state index in [9.17, 15) is 9.59 Å². The Labute approximate surface area is 301 Å². The lowest BCUT2D eigenvalue weighted by molar-refractivity contribution is 0.0990. The topological polar surface area (TPSA) is 37.4 Å². The number of benzene rings is 6. The summed E-state index contributed by atoms with van der Waals surface area (Å²) in [6.45, 7) is 8.77. The molecule has 0 saturated carbocycles. The number of hydrogen-bond donors (Lipinski definition) is 0. The largest absolute Gasteiger partial charge is 0.301 e. The lowest BCUT2D eigenvalue weighted by Crippen LogP contribution is -2.35. The van der Waals surface area contributed by atoms with Gasteiger partial charge in [-0.25, -0.2) is 0 Å². The predicted molar refractivity (Wildman–Crippen MR) is 209 cm³/mol. The average Bonchev–Trinajstić information content (AvgIpc) is 3.73. The van der Waals surface area contributed by atoms with Crippen LogP contribution in [0.3, 0.4) is 0 Å². The van der Waals surface area contributed by atoms with Gasteiger partial charge in [0.15, 0.2) is 11.6 Å². The Hall–Kier alpha value is -5.84. The number of nitrogens with zero attached hydrogens (tertiary/aromatic N) is 1. The van der Waals surface area contributed by atoms with Crippen molar-refractivity contribution in [3.63, 3.8) is 0 Å². The minimum Gasteiger partial charge on any atom is -0.301 e. The van der Waals surface area contributed by atoms with Crippen molar-refractivity contribution in [2.24, 2.45) is 0 Å². The van der Waals surface area contributed by atoms with Gasteiger partial charge in [0, 0.05) is 21.6 Å². The third-order valence-electron chi connectivity index (χ3n) is 11.1. The highest BCUT2D eigenvalue weighted by Crippen LogP contribution is 2.65. The molecule has 0 bridgehead atoms. The lowest BCUT2D eigenvalue weighted by Gasteiger charge is -2.44. The highest BCUT2D eigenvalue weighted by molar-refractivity contribution is 7.16. The fourth-order valence-electron chi connectivity index (χ4n) is 9.20. The molecule has 3 aliphatic rings. The van der Waals surface area contributed by atoms with Crippen LogP contribution in [0, 0.1) is 27.7 Å². The third-order valence-corrected chi connectivity index (χ3v) is 12.1. The number of carbonyl (C=O) groups is 2. The van der Waals surface area contributed by atoms with Crippen LogP contribution in [0.25, 0.3) is 28.0 Å². The first-order valence-electron chi connectivity index (χ1n) is 17.4. The molecule has 1 spiro atoms. The van der Waals surface area contributed by atoms with Gasteiger partial charge in [0.05, 0.1) is 22.4 Å². The fourth-order valence-corrected chi connectivity index (χ4v) is 10.3. The Kier molecular flexibility index (Phi) is 6.23. The van der Waals surface area contributed by atoms with Crippen molar-refractivity contribution in [2.75, 3.05) is 4.90 Å². The highest BCUT2D eigenvalue weighted by Gasteiger charge is 2.52. The van der Waals surface area contributed by atoms with Crippen LogP contribution in [0.2, 0.25) is 0 Å². The first-order valence-corrected chi connectivity index (χ1v) is 18.2. The Morgan fingerprint density at radius 1 is 0.569 bits per heavy atom. The predicted octanol–water partition coefficient (Wildman–Crippen LogP) is 11.7. The van der Waals surface area contributed by atoms with Crippen molar-refractivity contribution in [1.82, 2.24) is 0 Å². The molecule has 2 aliphatic carbocycles. The van der Waals surface area contributed by atoms with Crippen molar-refractivity contribution in [1.29, 1.82) is 0 Å². The number of thiophene rings is 1. The van der Waals surface area contributed by atoms with Crippen molar-refractivity contribution in [3.05, 3.63) is 187 Å². The summed E-state index contributed by atoms with van der Waals surface area (Å²) in [5, 5.41) is 3.13. The number of fused-ring (bicyclic) bond motifs is 11. The molecule has 0 amide bonds. The lowest BCUT2D eigenvalue weighted by atomic mass is 9.65. The number of aryl methyl sites for hydroxylation is 4. The Morgan fingerprint density at radius 2 is 1.14 bits per heavy atom. The first-order chi connectivity index (χ1) is 24.8. The number of rotatable bonds is 2. The average molecular weight is 676 g/mol. The maximum absolute atomic E-state index is 13.9. The van der Waals surface area contributed by atoms with E-state index in [1.807, 2.05) is 53.8 Å². The molecule has 2 heterocycles. The quantitative estimate of drug-likeness (QED) is 0.135. The second-order valence-corrected chi connectivity index (χ2v) is 15.5. The van der Waals surface area contributed by atoms with E-state index in [1.165, 1.54) is 60.1 Å². The molecule has 4 heteroatoms. The number of carbonyl (C=O) groups excluding carboxylic acids is 2. The summed E-state index contributed by atoms with van der Waals surface area (Å²) >= 11 is 1.84. The minimum absolute atomic E-state index is 0.214. The van der Waals surface area contributed by atoms with Crippen LogP contribution in [0.5, 0.6) is 0 Å². The Bertz CT molecular complexity index is 2620. The van der Waals surface area contributed by atoms with Crippen LogP contribution >= 0.6 is 11.3 Å². The SMILES string of the molecule is Cc1cc(C)c(N2c3ccc(C=C4C(=O)c5cc6ccccc6cc5C4=O)cc3C3(c4ccccc4-c4ccccc43)c3cc(C)sc32)c(C)c1. The number of ketones is 2. The first kappa shape index (κ1) is 30.0. The molecule has 0 saturated heterocycles. The van der Waals surface area contributed by atoms with Gasteiger partial charge >= 0.3 is 0 Å². The van der Waals surface area contributed by atoms with E-state index in [0.29, 0.717) is 11.1 Å². The van der Waals surface area contributed by atoms with Crippen LogP contribution in [-0.4, -0.2) is 11.6 Å². The fraction of sp³-hybridized carbons (Fsp3) is 0.106. The molecule has 0 atom stereocenters. The van der Waals surface area contributed by atoms with Crippen LogP contribution in [0.15, 0.2) is 127 Å². The minimum atomic E-state index is -0.593. The normalized spacial score (nSPS) is 14.8. The summed E-state index contributed by atoms with van der Waals surface area (Å²) < 4.78 is 0. The monoisotopic (exact) mass is 675 g/mol. The molecule has 51 heavy (non-hydrogen) atoms. The zero-order valence-corrected chi connectivity index (χ0v) is 29.6. The molecule has 6 aromatic carbocycles.